The van der Waals surface area contributed by atoms with Gasteiger partial charge < -0.3 is 9.80 Å². The number of benzene rings is 2. The second kappa shape index (κ2) is 12.4. The molecule has 1 N–H and O–H groups in total. The quantitative estimate of drug-likeness (QED) is 0.281. The fourth-order valence-corrected chi connectivity index (χ4v) is 6.55. The van der Waals surface area contributed by atoms with Gasteiger partial charge in [-0.25, -0.2) is 4.98 Å². The Labute approximate surface area is 267 Å². The van der Waals surface area contributed by atoms with E-state index in [0.29, 0.717) is 38.5 Å². The Morgan fingerprint density at radius 1 is 1.02 bits per heavy atom. The Morgan fingerprint density at radius 2 is 1.85 bits per heavy atom. The molecule has 0 spiro atoms. The molecule has 3 aromatic heterocycles. The third kappa shape index (κ3) is 5.83. The van der Waals surface area contributed by atoms with Crippen LogP contribution in [0.4, 0.5) is 5.69 Å². The molecule has 2 aliphatic rings. The lowest BCUT2D eigenvalue weighted by molar-refractivity contribution is -0.132. The molecule has 5 aromatic rings. The number of anilines is 1. The minimum absolute atomic E-state index is 0.0959. The SMILES string of the molecule is CCN(C(=O)C1CCN(CC(=O)N2CC=C(c3ccc(-c4ncn(C)n4)cc3)CC2)C1)c1ccc2[nH]nc(-c3cnn(C)c3)c2c1. The number of aryl methyl sites for hydroxylation is 2. The number of likely N-dealkylation sites (tertiary alicyclic amines) is 1. The van der Waals surface area contributed by atoms with E-state index in [1.54, 1.807) is 21.9 Å². The molecule has 0 radical (unpaired) electrons. The van der Waals surface area contributed by atoms with Crippen molar-refractivity contribution in [1.29, 1.82) is 0 Å². The summed E-state index contributed by atoms with van der Waals surface area (Å²) >= 11 is 0. The van der Waals surface area contributed by atoms with Crippen LogP contribution in [0.25, 0.3) is 39.1 Å². The molecule has 0 aliphatic carbocycles. The molecule has 236 valence electrons. The first-order chi connectivity index (χ1) is 22.4. The van der Waals surface area contributed by atoms with Gasteiger partial charge in [-0.1, -0.05) is 30.3 Å². The number of nitrogens with one attached hydrogen (secondary N) is 1. The van der Waals surface area contributed by atoms with Crippen LogP contribution in [0.1, 0.15) is 25.3 Å². The van der Waals surface area contributed by atoms with Crippen LogP contribution in [0.15, 0.2) is 67.3 Å². The molecule has 0 bridgehead atoms. The van der Waals surface area contributed by atoms with Gasteiger partial charge in [0.25, 0.3) is 0 Å². The van der Waals surface area contributed by atoms with E-state index in [2.05, 4.69) is 48.5 Å². The van der Waals surface area contributed by atoms with E-state index >= 15 is 0 Å². The predicted octanol–water partition coefficient (Wildman–Crippen LogP) is 3.75. The van der Waals surface area contributed by atoms with E-state index in [0.717, 1.165) is 58.4 Å². The van der Waals surface area contributed by atoms with Gasteiger partial charge in [-0.05, 0) is 55.6 Å². The number of H-pyrrole nitrogens is 1. The molecule has 1 unspecified atom stereocenters. The van der Waals surface area contributed by atoms with Gasteiger partial charge in [-0.3, -0.25) is 29.0 Å². The zero-order valence-electron chi connectivity index (χ0n) is 26.4. The van der Waals surface area contributed by atoms with Gasteiger partial charge in [0.2, 0.25) is 11.8 Å². The summed E-state index contributed by atoms with van der Waals surface area (Å²) in [7, 11) is 3.74. The average Bonchev–Trinajstić information content (AvgIpc) is 3.89. The van der Waals surface area contributed by atoms with Crippen LogP contribution >= 0.6 is 0 Å². The summed E-state index contributed by atoms with van der Waals surface area (Å²) in [6.45, 7) is 5.49. The molecular weight excluding hydrogens is 580 g/mol. The highest BCUT2D eigenvalue weighted by Gasteiger charge is 2.33. The van der Waals surface area contributed by atoms with Crippen LogP contribution < -0.4 is 4.90 Å². The lowest BCUT2D eigenvalue weighted by Crippen LogP contribution is -2.42. The standard InChI is InChI=1S/C34H38N10O2/c1-4-44(28-9-10-30-29(17-28)32(38-37-30)27-18-36-40(2)19-27)34(46)26-11-14-42(20-26)21-31(45)43-15-12-24(13-16-43)23-5-7-25(8-6-23)33-35-22-41(3)39-33/h5-10,12,17-19,22,26H,4,11,13-16,20-21H2,1-3H3,(H,37,38). The summed E-state index contributed by atoms with van der Waals surface area (Å²) in [5.74, 6) is 0.768. The average molecular weight is 619 g/mol. The molecule has 12 heteroatoms. The highest BCUT2D eigenvalue weighted by molar-refractivity contribution is 6.00. The third-order valence-electron chi connectivity index (χ3n) is 9.07. The molecule has 46 heavy (non-hydrogen) atoms. The molecule has 7 rings (SSSR count). The molecule has 12 nitrogen and oxygen atoms in total. The maximum Gasteiger partial charge on any atom is 0.237 e. The third-order valence-corrected chi connectivity index (χ3v) is 9.07. The van der Waals surface area contributed by atoms with E-state index in [-0.39, 0.29) is 17.7 Å². The molecule has 5 heterocycles. The molecular formula is C34H38N10O2. The number of fused-ring (bicyclic) bond motifs is 1. The Balaban J connectivity index is 0.952. The molecule has 2 amide bonds. The van der Waals surface area contributed by atoms with E-state index in [1.807, 2.05) is 67.3 Å². The van der Waals surface area contributed by atoms with Crippen LogP contribution in [0, 0.1) is 5.92 Å². The molecule has 2 aromatic carbocycles. The van der Waals surface area contributed by atoms with Crippen molar-refractivity contribution in [2.45, 2.75) is 19.8 Å². The van der Waals surface area contributed by atoms with Crippen LogP contribution in [-0.2, 0) is 23.7 Å². The number of aromatic nitrogens is 7. The van der Waals surface area contributed by atoms with Crippen LogP contribution in [0.3, 0.4) is 0 Å². The lowest BCUT2D eigenvalue weighted by Gasteiger charge is -2.29. The monoisotopic (exact) mass is 618 g/mol. The van der Waals surface area contributed by atoms with E-state index < -0.39 is 0 Å². The first kappa shape index (κ1) is 29.6. The smallest absolute Gasteiger partial charge is 0.237 e. The number of carbonyl (C=O) groups is 2. The van der Waals surface area contributed by atoms with Crippen molar-refractivity contribution in [2.75, 3.05) is 44.2 Å². The maximum absolute atomic E-state index is 13.8. The Hall–Kier alpha value is -5.10. The van der Waals surface area contributed by atoms with Gasteiger partial charge in [0, 0.05) is 68.7 Å². The summed E-state index contributed by atoms with van der Waals surface area (Å²) < 4.78 is 3.45. The van der Waals surface area contributed by atoms with Crippen molar-refractivity contribution in [3.05, 3.63) is 72.8 Å². The fourth-order valence-electron chi connectivity index (χ4n) is 6.55. The van der Waals surface area contributed by atoms with E-state index in [1.165, 1.54) is 5.57 Å². The molecule has 1 fully saturated rings. The van der Waals surface area contributed by atoms with Gasteiger partial charge in [-0.2, -0.15) is 15.3 Å². The highest BCUT2D eigenvalue weighted by Crippen LogP contribution is 2.31. The molecule has 1 saturated heterocycles. The summed E-state index contributed by atoms with van der Waals surface area (Å²) in [4.78, 5) is 37.3. The summed E-state index contributed by atoms with van der Waals surface area (Å²) in [6.07, 6.45) is 9.12. The van der Waals surface area contributed by atoms with E-state index in [4.69, 9.17) is 0 Å². The molecule has 0 saturated carbocycles. The lowest BCUT2D eigenvalue weighted by atomic mass is 9.98. The first-order valence-electron chi connectivity index (χ1n) is 15.8. The van der Waals surface area contributed by atoms with Crippen molar-refractivity contribution in [2.24, 2.45) is 20.0 Å². The van der Waals surface area contributed by atoms with Crippen molar-refractivity contribution in [3.8, 4) is 22.6 Å². The normalized spacial score (nSPS) is 17.1. The van der Waals surface area contributed by atoms with Gasteiger partial charge in [-0.15, -0.1) is 0 Å². The van der Waals surface area contributed by atoms with Crippen LogP contribution in [0.5, 0.6) is 0 Å². The van der Waals surface area contributed by atoms with Gasteiger partial charge in [0.1, 0.15) is 12.0 Å². The second-order valence-electron chi connectivity index (χ2n) is 12.1. The van der Waals surface area contributed by atoms with E-state index in [9.17, 15) is 9.59 Å². The number of amides is 2. The topological polar surface area (TPSA) is 121 Å². The predicted molar refractivity (Wildman–Crippen MR) is 176 cm³/mol. The largest absolute Gasteiger partial charge is 0.338 e. The van der Waals surface area contributed by atoms with Crippen molar-refractivity contribution >= 4 is 34.0 Å². The highest BCUT2D eigenvalue weighted by atomic mass is 16.2. The maximum atomic E-state index is 13.8. The second-order valence-corrected chi connectivity index (χ2v) is 12.1. The fraction of sp³-hybridized carbons (Fsp3) is 0.353. The minimum Gasteiger partial charge on any atom is -0.338 e. The zero-order valence-corrected chi connectivity index (χ0v) is 26.4. The first-order valence-corrected chi connectivity index (χ1v) is 15.8. The number of rotatable bonds is 8. The zero-order chi connectivity index (χ0) is 31.8. The molecule has 2 aliphatic heterocycles. The Bertz CT molecular complexity index is 1920. The van der Waals surface area contributed by atoms with Crippen molar-refractivity contribution in [1.82, 2.24) is 44.5 Å². The van der Waals surface area contributed by atoms with Crippen molar-refractivity contribution < 1.29 is 9.59 Å². The summed E-state index contributed by atoms with van der Waals surface area (Å²) in [6, 6.07) is 14.3. The number of hydrogen-bond acceptors (Lipinski definition) is 7. The number of hydrogen-bond donors (Lipinski definition) is 1. The Morgan fingerprint density at radius 3 is 2.54 bits per heavy atom. The molecule has 1 atom stereocenters. The number of carbonyl (C=O) groups excluding carboxylic acids is 2. The van der Waals surface area contributed by atoms with Gasteiger partial charge in [0.15, 0.2) is 5.82 Å². The number of nitrogens with zero attached hydrogens (tertiary/aromatic N) is 9. The minimum atomic E-state index is -0.150. The van der Waals surface area contributed by atoms with Gasteiger partial charge >= 0.3 is 0 Å². The summed E-state index contributed by atoms with van der Waals surface area (Å²) in [5.41, 5.74) is 6.88. The van der Waals surface area contributed by atoms with Crippen LogP contribution in [0.2, 0.25) is 0 Å². The van der Waals surface area contributed by atoms with Crippen molar-refractivity contribution in [3.63, 3.8) is 0 Å². The Kier molecular flexibility index (Phi) is 7.95. The number of aromatic amines is 1. The van der Waals surface area contributed by atoms with Crippen LogP contribution in [-0.4, -0.2) is 95.6 Å². The van der Waals surface area contributed by atoms with Gasteiger partial charge in [0.05, 0.1) is 24.2 Å². The summed E-state index contributed by atoms with van der Waals surface area (Å²) in [5, 5.41) is 17.2.